The average molecular weight is 326 g/mol. The fraction of sp³-hybridized carbons (Fsp3) is 0.500. The van der Waals surface area contributed by atoms with Gasteiger partial charge in [-0.05, 0) is 37.0 Å². The Morgan fingerprint density at radius 1 is 1.53 bits per heavy atom. The molecular formula is C14H20BrN3O. The molecule has 5 heteroatoms. The fourth-order valence-corrected chi connectivity index (χ4v) is 3.15. The summed E-state index contributed by atoms with van der Waals surface area (Å²) in [6, 6.07) is 6.37. The average Bonchev–Trinajstić information content (AvgIpc) is 2.87. The topological polar surface area (TPSA) is 61.8 Å². The summed E-state index contributed by atoms with van der Waals surface area (Å²) in [7, 11) is 0. The highest BCUT2D eigenvalue weighted by molar-refractivity contribution is 9.10. The van der Waals surface area contributed by atoms with Crippen LogP contribution in [-0.2, 0) is 0 Å². The first kappa shape index (κ1) is 14.2. The number of hydrogen-bond donors (Lipinski definition) is 2. The van der Waals surface area contributed by atoms with E-state index in [0.29, 0.717) is 12.0 Å². The molecule has 1 heterocycles. The van der Waals surface area contributed by atoms with E-state index >= 15 is 0 Å². The number of halogens is 1. The molecule has 0 aliphatic carbocycles. The summed E-state index contributed by atoms with van der Waals surface area (Å²) in [5, 5.41) is 12.1. The molecule has 1 aliphatic heterocycles. The van der Waals surface area contributed by atoms with E-state index in [1.54, 1.807) is 0 Å². The van der Waals surface area contributed by atoms with Gasteiger partial charge in [-0.25, -0.2) is 0 Å². The number of oxime groups is 1. The molecular weight excluding hydrogens is 306 g/mol. The maximum Gasteiger partial charge on any atom is 0.172 e. The van der Waals surface area contributed by atoms with Crippen LogP contribution in [0.15, 0.2) is 27.8 Å². The van der Waals surface area contributed by atoms with E-state index in [1.807, 2.05) is 18.2 Å². The van der Waals surface area contributed by atoms with Gasteiger partial charge in [0.1, 0.15) is 0 Å². The molecule has 0 bridgehead atoms. The number of nitrogens with zero attached hydrogens (tertiary/aromatic N) is 2. The summed E-state index contributed by atoms with van der Waals surface area (Å²) in [6.07, 6.45) is 2.38. The number of anilines is 1. The van der Waals surface area contributed by atoms with Gasteiger partial charge in [0.05, 0.1) is 0 Å². The molecule has 0 radical (unpaired) electrons. The summed E-state index contributed by atoms with van der Waals surface area (Å²) in [5.41, 5.74) is 7.62. The molecule has 0 aromatic heterocycles. The molecule has 1 saturated heterocycles. The van der Waals surface area contributed by atoms with Crippen LogP contribution >= 0.6 is 15.9 Å². The molecule has 4 nitrogen and oxygen atoms in total. The lowest BCUT2D eigenvalue weighted by Gasteiger charge is -2.31. The molecule has 0 saturated carbocycles. The van der Waals surface area contributed by atoms with Crippen molar-refractivity contribution in [1.82, 2.24) is 0 Å². The second-order valence-corrected chi connectivity index (χ2v) is 6.21. The number of nitrogens with two attached hydrogens (primary N) is 1. The van der Waals surface area contributed by atoms with E-state index in [0.717, 1.165) is 22.3 Å². The van der Waals surface area contributed by atoms with Crippen molar-refractivity contribution in [3.8, 4) is 0 Å². The molecule has 104 valence electrons. The van der Waals surface area contributed by atoms with Crippen LogP contribution in [0.25, 0.3) is 0 Å². The van der Waals surface area contributed by atoms with E-state index in [4.69, 9.17) is 10.9 Å². The van der Waals surface area contributed by atoms with Crippen LogP contribution in [0.1, 0.15) is 32.3 Å². The number of amidine groups is 1. The zero-order valence-electron chi connectivity index (χ0n) is 11.3. The van der Waals surface area contributed by atoms with Gasteiger partial charge in [-0.15, -0.1) is 0 Å². The normalized spacial score (nSPS) is 20.3. The Bertz CT molecular complexity index is 488. The molecule has 1 aromatic rings. The first-order chi connectivity index (χ1) is 9.04. The first-order valence-corrected chi connectivity index (χ1v) is 7.38. The third kappa shape index (κ3) is 2.86. The van der Waals surface area contributed by atoms with Gasteiger partial charge in [0.15, 0.2) is 5.84 Å². The summed E-state index contributed by atoms with van der Waals surface area (Å²) in [5.74, 6) is 0.749. The Hall–Kier alpha value is -1.23. The van der Waals surface area contributed by atoms with Crippen LogP contribution in [-0.4, -0.2) is 23.6 Å². The largest absolute Gasteiger partial charge is 0.409 e. The van der Waals surface area contributed by atoms with Crippen LogP contribution < -0.4 is 10.6 Å². The lowest BCUT2D eigenvalue weighted by molar-refractivity contribution is 0.318. The van der Waals surface area contributed by atoms with Gasteiger partial charge < -0.3 is 15.8 Å². The third-order valence-electron chi connectivity index (χ3n) is 3.72. The highest BCUT2D eigenvalue weighted by Gasteiger charge is 2.29. The zero-order valence-corrected chi connectivity index (χ0v) is 12.9. The van der Waals surface area contributed by atoms with Crippen molar-refractivity contribution in [3.05, 3.63) is 28.2 Å². The summed E-state index contributed by atoms with van der Waals surface area (Å²) < 4.78 is 1.01. The highest BCUT2D eigenvalue weighted by Crippen LogP contribution is 2.33. The van der Waals surface area contributed by atoms with Crippen molar-refractivity contribution >= 4 is 27.5 Å². The Balaban J connectivity index is 2.45. The predicted octanol–water partition coefficient (Wildman–Crippen LogP) is 3.17. The molecule has 1 aliphatic rings. The van der Waals surface area contributed by atoms with E-state index in [-0.39, 0.29) is 5.84 Å². The minimum Gasteiger partial charge on any atom is -0.409 e. The smallest absolute Gasteiger partial charge is 0.172 e. The number of hydrogen-bond acceptors (Lipinski definition) is 3. The van der Waals surface area contributed by atoms with Crippen molar-refractivity contribution in [2.24, 2.45) is 16.8 Å². The molecule has 19 heavy (non-hydrogen) atoms. The van der Waals surface area contributed by atoms with Crippen molar-refractivity contribution in [1.29, 1.82) is 0 Å². The first-order valence-electron chi connectivity index (χ1n) is 6.58. The standard InChI is InChI=1S/C14H20BrN3O/c1-9(2)12-4-3-7-18(12)13-8-10(15)5-6-11(13)14(16)17-19/h5-6,8-9,12,19H,3-4,7H2,1-2H3,(H2,16,17). The molecule has 1 aromatic carbocycles. The maximum atomic E-state index is 8.93. The second-order valence-electron chi connectivity index (χ2n) is 5.29. The molecule has 0 spiro atoms. The Morgan fingerprint density at radius 3 is 2.89 bits per heavy atom. The minimum absolute atomic E-state index is 0.164. The zero-order chi connectivity index (χ0) is 14.0. The number of benzene rings is 1. The predicted molar refractivity (Wildman–Crippen MR) is 81.9 cm³/mol. The molecule has 2 rings (SSSR count). The molecule has 1 unspecified atom stereocenters. The monoisotopic (exact) mass is 325 g/mol. The summed E-state index contributed by atoms with van der Waals surface area (Å²) >= 11 is 3.50. The van der Waals surface area contributed by atoms with E-state index in [1.165, 1.54) is 12.8 Å². The van der Waals surface area contributed by atoms with Crippen molar-refractivity contribution < 1.29 is 5.21 Å². The van der Waals surface area contributed by atoms with E-state index < -0.39 is 0 Å². The molecule has 3 N–H and O–H groups in total. The van der Waals surface area contributed by atoms with Gasteiger partial charge in [0.25, 0.3) is 0 Å². The van der Waals surface area contributed by atoms with Crippen LogP contribution in [0.4, 0.5) is 5.69 Å². The van der Waals surface area contributed by atoms with Crippen molar-refractivity contribution in [3.63, 3.8) is 0 Å². The Labute approximate surface area is 122 Å². The van der Waals surface area contributed by atoms with Gasteiger partial charge in [0, 0.05) is 28.3 Å². The van der Waals surface area contributed by atoms with Gasteiger partial charge >= 0.3 is 0 Å². The van der Waals surface area contributed by atoms with Crippen LogP contribution in [0.2, 0.25) is 0 Å². The van der Waals surface area contributed by atoms with Crippen molar-refractivity contribution in [2.45, 2.75) is 32.7 Å². The third-order valence-corrected chi connectivity index (χ3v) is 4.21. The molecule has 0 amide bonds. The summed E-state index contributed by atoms with van der Waals surface area (Å²) in [6.45, 7) is 5.50. The van der Waals surface area contributed by atoms with E-state index in [2.05, 4.69) is 39.8 Å². The van der Waals surface area contributed by atoms with Crippen molar-refractivity contribution in [2.75, 3.05) is 11.4 Å². The fourth-order valence-electron chi connectivity index (χ4n) is 2.80. The lowest BCUT2D eigenvalue weighted by atomic mass is 10.0. The van der Waals surface area contributed by atoms with Crippen LogP contribution in [0, 0.1) is 5.92 Å². The van der Waals surface area contributed by atoms with Gasteiger partial charge in [-0.2, -0.15) is 0 Å². The van der Waals surface area contributed by atoms with Gasteiger partial charge in [0.2, 0.25) is 0 Å². The van der Waals surface area contributed by atoms with Crippen LogP contribution in [0.5, 0.6) is 0 Å². The highest BCUT2D eigenvalue weighted by atomic mass is 79.9. The lowest BCUT2D eigenvalue weighted by Crippen LogP contribution is -2.35. The summed E-state index contributed by atoms with van der Waals surface area (Å²) in [4.78, 5) is 2.38. The number of rotatable bonds is 3. The van der Waals surface area contributed by atoms with Gasteiger partial charge in [-0.1, -0.05) is 34.9 Å². The Morgan fingerprint density at radius 2 is 2.26 bits per heavy atom. The SMILES string of the molecule is CC(C)C1CCCN1c1cc(Br)ccc1/C(N)=N/O. The Kier molecular flexibility index (Phi) is 4.34. The van der Waals surface area contributed by atoms with Gasteiger partial charge in [-0.3, -0.25) is 0 Å². The second kappa shape index (κ2) is 5.82. The quantitative estimate of drug-likeness (QED) is 0.388. The minimum atomic E-state index is 0.164. The van der Waals surface area contributed by atoms with Crippen LogP contribution in [0.3, 0.4) is 0 Å². The maximum absolute atomic E-state index is 8.93. The van der Waals surface area contributed by atoms with E-state index in [9.17, 15) is 0 Å². The molecule has 1 atom stereocenters. The molecule has 1 fully saturated rings.